The minimum atomic E-state index is -1.14. The summed E-state index contributed by atoms with van der Waals surface area (Å²) in [6.07, 6.45) is 3.77. The third-order valence-electron chi connectivity index (χ3n) is 1.47. The van der Waals surface area contributed by atoms with Crippen LogP contribution in [0.15, 0.2) is 24.4 Å². The molecule has 0 saturated heterocycles. The van der Waals surface area contributed by atoms with Crippen LogP contribution >= 0.6 is 0 Å². The molecule has 0 fully saturated rings. The molecular weight excluding hydrogens is 184 g/mol. The van der Waals surface area contributed by atoms with Crippen LogP contribution in [0.4, 0.5) is 0 Å². The predicted octanol–water partition coefficient (Wildman–Crippen LogP) is 0.278. The van der Waals surface area contributed by atoms with Gasteiger partial charge in [0.05, 0.1) is 0 Å². The van der Waals surface area contributed by atoms with Gasteiger partial charge in [0.2, 0.25) is 5.91 Å². The molecule has 0 saturated carbocycles. The maximum absolute atomic E-state index is 10.7. The molecule has 1 aromatic rings. The van der Waals surface area contributed by atoms with Gasteiger partial charge in [-0.2, -0.15) is 0 Å². The quantitative estimate of drug-likeness (QED) is 0.672. The molecular formula is C9H8N2O3. The van der Waals surface area contributed by atoms with Gasteiger partial charge in [-0.3, -0.25) is 4.79 Å². The largest absolute Gasteiger partial charge is 0.476 e. The second kappa shape index (κ2) is 4.18. The van der Waals surface area contributed by atoms with Gasteiger partial charge in [-0.05, 0) is 12.1 Å². The minimum Gasteiger partial charge on any atom is -0.476 e. The summed E-state index contributed by atoms with van der Waals surface area (Å²) in [7, 11) is 0. The second-order valence-corrected chi connectivity index (χ2v) is 2.48. The van der Waals surface area contributed by atoms with Crippen molar-refractivity contribution in [1.29, 1.82) is 0 Å². The third-order valence-corrected chi connectivity index (χ3v) is 1.47. The van der Waals surface area contributed by atoms with E-state index in [0.717, 1.165) is 6.08 Å². The minimum absolute atomic E-state index is 0.106. The number of aromatic carboxylic acids is 1. The van der Waals surface area contributed by atoms with Crippen molar-refractivity contribution in [3.8, 4) is 0 Å². The van der Waals surface area contributed by atoms with E-state index in [0.29, 0.717) is 5.56 Å². The van der Waals surface area contributed by atoms with Crippen LogP contribution in [0.5, 0.6) is 0 Å². The van der Waals surface area contributed by atoms with Gasteiger partial charge in [0.15, 0.2) is 5.69 Å². The topological polar surface area (TPSA) is 93.3 Å². The molecule has 0 spiro atoms. The van der Waals surface area contributed by atoms with Crippen LogP contribution in [0.25, 0.3) is 6.08 Å². The van der Waals surface area contributed by atoms with E-state index in [2.05, 4.69) is 4.98 Å². The standard InChI is InChI=1S/C9H8N2O3/c10-7(12)4-3-6-2-1-5-11-8(6)9(13)14/h1-5H,(H2,10,12)(H,13,14). The number of aromatic nitrogens is 1. The Hall–Kier alpha value is -2.17. The first-order chi connectivity index (χ1) is 6.61. The van der Waals surface area contributed by atoms with Gasteiger partial charge in [0.25, 0.3) is 0 Å². The Morgan fingerprint density at radius 2 is 2.21 bits per heavy atom. The molecule has 0 bridgehead atoms. The first-order valence-electron chi connectivity index (χ1n) is 3.77. The van der Waals surface area contributed by atoms with Crippen LogP contribution in [0.2, 0.25) is 0 Å². The highest BCUT2D eigenvalue weighted by Crippen LogP contribution is 2.07. The number of hydrogen-bond acceptors (Lipinski definition) is 3. The summed E-state index contributed by atoms with van der Waals surface area (Å²) in [4.78, 5) is 24.7. The predicted molar refractivity (Wildman–Crippen MR) is 49.4 cm³/mol. The molecule has 0 aliphatic carbocycles. The monoisotopic (exact) mass is 192 g/mol. The second-order valence-electron chi connectivity index (χ2n) is 2.48. The Kier molecular flexibility index (Phi) is 2.96. The SMILES string of the molecule is NC(=O)C=Cc1cccnc1C(=O)O. The lowest BCUT2D eigenvalue weighted by Gasteiger charge is -1.97. The maximum Gasteiger partial charge on any atom is 0.355 e. The molecule has 1 heterocycles. The molecule has 1 amide bonds. The van der Waals surface area contributed by atoms with Crippen molar-refractivity contribution < 1.29 is 14.7 Å². The fourth-order valence-electron chi connectivity index (χ4n) is 0.903. The first-order valence-corrected chi connectivity index (χ1v) is 3.77. The number of amides is 1. The molecule has 1 aromatic heterocycles. The number of rotatable bonds is 3. The van der Waals surface area contributed by atoms with E-state index < -0.39 is 11.9 Å². The van der Waals surface area contributed by atoms with E-state index in [1.165, 1.54) is 18.3 Å². The van der Waals surface area contributed by atoms with Crippen molar-refractivity contribution in [3.63, 3.8) is 0 Å². The zero-order valence-electron chi connectivity index (χ0n) is 7.18. The van der Waals surface area contributed by atoms with Crippen molar-refractivity contribution in [2.24, 2.45) is 5.73 Å². The fourth-order valence-corrected chi connectivity index (χ4v) is 0.903. The number of carboxylic acids is 1. The van der Waals surface area contributed by atoms with Gasteiger partial charge in [-0.1, -0.05) is 6.07 Å². The summed E-state index contributed by atoms with van der Waals surface area (Å²) < 4.78 is 0. The molecule has 1 rings (SSSR count). The van der Waals surface area contributed by atoms with E-state index in [9.17, 15) is 9.59 Å². The van der Waals surface area contributed by atoms with Crippen molar-refractivity contribution in [1.82, 2.24) is 4.98 Å². The normalized spacial score (nSPS) is 10.3. The first kappa shape index (κ1) is 9.91. The zero-order chi connectivity index (χ0) is 10.6. The number of nitrogens with zero attached hydrogens (tertiary/aromatic N) is 1. The lowest BCUT2D eigenvalue weighted by Crippen LogP contribution is -2.06. The van der Waals surface area contributed by atoms with Crippen LogP contribution in [0, 0.1) is 0 Å². The highest BCUT2D eigenvalue weighted by atomic mass is 16.4. The summed E-state index contributed by atoms with van der Waals surface area (Å²) in [5, 5.41) is 8.72. The van der Waals surface area contributed by atoms with Crippen LogP contribution in [-0.2, 0) is 4.79 Å². The zero-order valence-corrected chi connectivity index (χ0v) is 7.18. The van der Waals surface area contributed by atoms with Gasteiger partial charge >= 0.3 is 5.97 Å². The highest BCUT2D eigenvalue weighted by Gasteiger charge is 2.07. The molecule has 0 aromatic carbocycles. The van der Waals surface area contributed by atoms with E-state index in [4.69, 9.17) is 10.8 Å². The Bertz CT molecular complexity index is 399. The van der Waals surface area contributed by atoms with Crippen molar-refractivity contribution >= 4 is 18.0 Å². The van der Waals surface area contributed by atoms with Gasteiger partial charge in [0, 0.05) is 17.8 Å². The van der Waals surface area contributed by atoms with Crippen LogP contribution in [0.3, 0.4) is 0 Å². The van der Waals surface area contributed by atoms with Crippen molar-refractivity contribution in [2.75, 3.05) is 0 Å². The molecule has 5 nitrogen and oxygen atoms in total. The number of hydrogen-bond donors (Lipinski definition) is 2. The average Bonchev–Trinajstić information content (AvgIpc) is 2.15. The van der Waals surface area contributed by atoms with Gasteiger partial charge < -0.3 is 10.8 Å². The lowest BCUT2D eigenvalue weighted by molar-refractivity contribution is -0.113. The van der Waals surface area contributed by atoms with E-state index in [-0.39, 0.29) is 5.69 Å². The average molecular weight is 192 g/mol. The Balaban J connectivity index is 3.07. The molecule has 0 radical (unpaired) electrons. The number of carbonyl (C=O) groups is 2. The fraction of sp³-hybridized carbons (Fsp3) is 0. The summed E-state index contributed by atoms with van der Waals surface area (Å²) in [6, 6.07) is 3.11. The molecule has 14 heavy (non-hydrogen) atoms. The smallest absolute Gasteiger partial charge is 0.355 e. The Morgan fingerprint density at radius 1 is 1.50 bits per heavy atom. The molecule has 0 unspecified atom stereocenters. The summed E-state index contributed by atoms with van der Waals surface area (Å²) >= 11 is 0. The molecule has 0 aliphatic rings. The Morgan fingerprint density at radius 3 is 2.79 bits per heavy atom. The number of carboxylic acid groups (broad SMARTS) is 1. The summed E-state index contributed by atoms with van der Waals surface area (Å²) in [5.41, 5.74) is 5.11. The number of primary amides is 1. The van der Waals surface area contributed by atoms with Crippen LogP contribution < -0.4 is 5.73 Å². The van der Waals surface area contributed by atoms with E-state index >= 15 is 0 Å². The lowest BCUT2D eigenvalue weighted by atomic mass is 10.2. The molecule has 72 valence electrons. The number of carbonyl (C=O) groups excluding carboxylic acids is 1. The highest BCUT2D eigenvalue weighted by molar-refractivity contribution is 5.94. The van der Waals surface area contributed by atoms with Gasteiger partial charge in [-0.25, -0.2) is 9.78 Å². The summed E-state index contributed by atoms with van der Waals surface area (Å²) in [6.45, 7) is 0. The van der Waals surface area contributed by atoms with Crippen molar-refractivity contribution in [2.45, 2.75) is 0 Å². The number of pyridine rings is 1. The molecule has 0 aliphatic heterocycles. The molecule has 5 heteroatoms. The Labute approximate surface area is 79.9 Å². The van der Waals surface area contributed by atoms with E-state index in [1.807, 2.05) is 0 Å². The summed E-state index contributed by atoms with van der Waals surface area (Å²) in [5.74, 6) is -1.78. The van der Waals surface area contributed by atoms with Crippen LogP contribution in [0.1, 0.15) is 16.1 Å². The van der Waals surface area contributed by atoms with Crippen molar-refractivity contribution in [3.05, 3.63) is 35.7 Å². The van der Waals surface area contributed by atoms with E-state index in [1.54, 1.807) is 6.07 Å². The maximum atomic E-state index is 10.7. The van der Waals surface area contributed by atoms with Crippen LogP contribution in [-0.4, -0.2) is 22.0 Å². The van der Waals surface area contributed by atoms with Gasteiger partial charge in [-0.15, -0.1) is 0 Å². The van der Waals surface area contributed by atoms with Gasteiger partial charge in [0.1, 0.15) is 0 Å². The third kappa shape index (κ3) is 2.41. The molecule has 0 atom stereocenters. The number of nitrogens with two attached hydrogens (primary N) is 1. The molecule has 3 N–H and O–H groups in total.